The Balaban J connectivity index is 2.14. The Morgan fingerprint density at radius 2 is 2.38 bits per heavy atom. The van der Waals surface area contributed by atoms with Gasteiger partial charge >= 0.3 is 0 Å². The molecule has 0 saturated heterocycles. The highest BCUT2D eigenvalue weighted by molar-refractivity contribution is 6.30. The number of furan rings is 1. The third-order valence-corrected chi connectivity index (χ3v) is 2.74. The zero-order valence-electron chi connectivity index (χ0n) is 7.42. The van der Waals surface area contributed by atoms with Crippen LogP contribution in [0.2, 0.25) is 0 Å². The minimum absolute atomic E-state index is 0.00677. The summed E-state index contributed by atoms with van der Waals surface area (Å²) in [4.78, 5) is 11.1. The molecular weight excluding hydrogens is 188 g/mol. The zero-order valence-corrected chi connectivity index (χ0v) is 8.17. The monoisotopic (exact) mass is 198 g/mol. The van der Waals surface area contributed by atoms with Crippen LogP contribution in [0.4, 0.5) is 0 Å². The summed E-state index contributed by atoms with van der Waals surface area (Å²) in [6.45, 7) is 2.18. The van der Waals surface area contributed by atoms with Crippen molar-refractivity contribution in [3.8, 4) is 0 Å². The van der Waals surface area contributed by atoms with Crippen molar-refractivity contribution in [1.82, 2.24) is 0 Å². The summed E-state index contributed by atoms with van der Waals surface area (Å²) in [6, 6.07) is 3.60. The number of Topliss-reactive ketones (excluding diaryl/α,β-unsaturated/α-hetero) is 1. The van der Waals surface area contributed by atoms with Crippen LogP contribution < -0.4 is 0 Å². The summed E-state index contributed by atoms with van der Waals surface area (Å²) in [5.41, 5.74) is 0. The molecule has 2 rings (SSSR count). The van der Waals surface area contributed by atoms with Crippen LogP contribution in [0.3, 0.4) is 0 Å². The highest BCUT2D eigenvalue weighted by atomic mass is 35.5. The SMILES string of the molecule is CC1CC1c1ccc(C(=O)CCl)o1. The van der Waals surface area contributed by atoms with Gasteiger partial charge in [0.25, 0.3) is 0 Å². The molecule has 13 heavy (non-hydrogen) atoms. The first kappa shape index (κ1) is 8.82. The third-order valence-electron chi connectivity index (χ3n) is 2.50. The zero-order chi connectivity index (χ0) is 9.42. The Hall–Kier alpha value is -0.760. The van der Waals surface area contributed by atoms with Crippen molar-refractivity contribution in [3.63, 3.8) is 0 Å². The van der Waals surface area contributed by atoms with Gasteiger partial charge in [-0.05, 0) is 24.5 Å². The second kappa shape index (κ2) is 3.18. The first-order chi connectivity index (χ1) is 6.22. The smallest absolute Gasteiger partial charge is 0.212 e. The second-order valence-electron chi connectivity index (χ2n) is 3.58. The molecule has 1 aliphatic carbocycles. The Morgan fingerprint density at radius 3 is 2.92 bits per heavy atom. The maximum absolute atomic E-state index is 11.1. The summed E-state index contributed by atoms with van der Waals surface area (Å²) in [7, 11) is 0. The quantitative estimate of drug-likeness (QED) is 0.552. The molecule has 70 valence electrons. The molecular formula is C10H11ClO2. The lowest BCUT2D eigenvalue weighted by molar-refractivity contribution is 0.0989. The van der Waals surface area contributed by atoms with Crippen LogP contribution in [0.5, 0.6) is 0 Å². The van der Waals surface area contributed by atoms with Gasteiger partial charge < -0.3 is 4.42 Å². The van der Waals surface area contributed by atoms with Crippen molar-refractivity contribution in [2.75, 3.05) is 5.88 Å². The molecule has 0 spiro atoms. The standard InChI is InChI=1S/C10H11ClO2/c1-6-4-7(6)9-2-3-10(13-9)8(12)5-11/h2-3,6-7H,4-5H2,1H3. The topological polar surface area (TPSA) is 30.2 Å². The molecule has 1 saturated carbocycles. The number of rotatable bonds is 3. The van der Waals surface area contributed by atoms with Gasteiger partial charge in [-0.3, -0.25) is 4.79 Å². The molecule has 0 amide bonds. The van der Waals surface area contributed by atoms with E-state index < -0.39 is 0 Å². The number of carbonyl (C=O) groups is 1. The lowest BCUT2D eigenvalue weighted by Gasteiger charge is -1.91. The number of ketones is 1. The molecule has 1 aromatic heterocycles. The lowest BCUT2D eigenvalue weighted by atomic mass is 10.3. The average Bonchev–Trinajstić information content (AvgIpc) is 2.70. The molecule has 0 aliphatic heterocycles. The van der Waals surface area contributed by atoms with Crippen molar-refractivity contribution < 1.29 is 9.21 Å². The summed E-state index contributed by atoms with van der Waals surface area (Å²) in [5, 5.41) is 0. The van der Waals surface area contributed by atoms with Crippen LogP contribution in [-0.2, 0) is 0 Å². The maximum atomic E-state index is 11.1. The molecule has 2 atom stereocenters. The normalized spacial score (nSPS) is 26.0. The summed E-state index contributed by atoms with van der Waals surface area (Å²) >= 11 is 5.41. The molecule has 1 aliphatic rings. The van der Waals surface area contributed by atoms with Crippen LogP contribution in [0, 0.1) is 5.92 Å². The van der Waals surface area contributed by atoms with Gasteiger partial charge in [0.15, 0.2) is 5.76 Å². The van der Waals surface area contributed by atoms with Crippen molar-refractivity contribution >= 4 is 17.4 Å². The average molecular weight is 199 g/mol. The van der Waals surface area contributed by atoms with E-state index in [4.69, 9.17) is 16.0 Å². The molecule has 2 unspecified atom stereocenters. The largest absolute Gasteiger partial charge is 0.458 e. The Bertz CT molecular complexity index is 329. The molecule has 2 nitrogen and oxygen atoms in total. The van der Waals surface area contributed by atoms with E-state index in [0.29, 0.717) is 17.6 Å². The van der Waals surface area contributed by atoms with Crippen LogP contribution in [0.15, 0.2) is 16.5 Å². The van der Waals surface area contributed by atoms with Gasteiger partial charge in [-0.15, -0.1) is 11.6 Å². The van der Waals surface area contributed by atoms with Crippen LogP contribution in [-0.4, -0.2) is 11.7 Å². The predicted molar refractivity (Wildman–Crippen MR) is 50.3 cm³/mol. The molecule has 3 heteroatoms. The Morgan fingerprint density at radius 1 is 1.69 bits per heavy atom. The van der Waals surface area contributed by atoms with Crippen molar-refractivity contribution in [2.24, 2.45) is 5.92 Å². The molecule has 0 radical (unpaired) electrons. The van der Waals surface area contributed by atoms with Gasteiger partial charge in [0.2, 0.25) is 5.78 Å². The maximum Gasteiger partial charge on any atom is 0.212 e. The fraction of sp³-hybridized carbons (Fsp3) is 0.500. The summed E-state index contributed by atoms with van der Waals surface area (Å²) in [5.74, 6) is 2.40. The number of hydrogen-bond acceptors (Lipinski definition) is 2. The number of hydrogen-bond donors (Lipinski definition) is 0. The van der Waals surface area contributed by atoms with E-state index in [1.54, 1.807) is 6.07 Å². The van der Waals surface area contributed by atoms with Crippen molar-refractivity contribution in [1.29, 1.82) is 0 Å². The first-order valence-electron chi connectivity index (χ1n) is 4.41. The van der Waals surface area contributed by atoms with Gasteiger partial charge in [-0.25, -0.2) is 0 Å². The minimum Gasteiger partial charge on any atom is -0.458 e. The Kier molecular flexibility index (Phi) is 2.16. The second-order valence-corrected chi connectivity index (χ2v) is 3.85. The number of alkyl halides is 1. The highest BCUT2D eigenvalue weighted by Gasteiger charge is 2.36. The van der Waals surface area contributed by atoms with Crippen molar-refractivity contribution in [2.45, 2.75) is 19.3 Å². The molecule has 0 aromatic carbocycles. The first-order valence-corrected chi connectivity index (χ1v) is 4.94. The highest BCUT2D eigenvalue weighted by Crippen LogP contribution is 2.47. The fourth-order valence-corrected chi connectivity index (χ4v) is 1.62. The van der Waals surface area contributed by atoms with E-state index in [1.807, 2.05) is 6.07 Å². The molecule has 0 bridgehead atoms. The fourth-order valence-electron chi connectivity index (χ4n) is 1.49. The van der Waals surface area contributed by atoms with E-state index in [0.717, 1.165) is 5.76 Å². The minimum atomic E-state index is -0.138. The van der Waals surface area contributed by atoms with Crippen molar-refractivity contribution in [3.05, 3.63) is 23.7 Å². The molecule has 1 aromatic rings. The molecule has 1 fully saturated rings. The van der Waals surface area contributed by atoms with E-state index >= 15 is 0 Å². The van der Waals surface area contributed by atoms with Crippen LogP contribution in [0.1, 0.15) is 35.6 Å². The molecule has 0 N–H and O–H groups in total. The number of carbonyl (C=O) groups excluding carboxylic acids is 1. The summed E-state index contributed by atoms with van der Waals surface area (Å²) in [6.07, 6.45) is 1.17. The number of halogens is 1. The van der Waals surface area contributed by atoms with Gasteiger partial charge in [-0.2, -0.15) is 0 Å². The van der Waals surface area contributed by atoms with Gasteiger partial charge in [0, 0.05) is 5.92 Å². The molecule has 1 heterocycles. The van der Waals surface area contributed by atoms with Crippen LogP contribution in [0.25, 0.3) is 0 Å². The van der Waals surface area contributed by atoms with E-state index in [2.05, 4.69) is 6.92 Å². The van der Waals surface area contributed by atoms with Gasteiger partial charge in [-0.1, -0.05) is 6.92 Å². The van der Waals surface area contributed by atoms with E-state index in [1.165, 1.54) is 6.42 Å². The van der Waals surface area contributed by atoms with E-state index in [-0.39, 0.29) is 11.7 Å². The van der Waals surface area contributed by atoms with Gasteiger partial charge in [0.05, 0.1) is 5.88 Å². The summed E-state index contributed by atoms with van der Waals surface area (Å²) < 4.78 is 5.40. The van der Waals surface area contributed by atoms with Gasteiger partial charge in [0.1, 0.15) is 5.76 Å². The lowest BCUT2D eigenvalue weighted by Crippen LogP contribution is -1.97. The third kappa shape index (κ3) is 1.63. The van der Waals surface area contributed by atoms with Crippen LogP contribution >= 0.6 is 11.6 Å². The van der Waals surface area contributed by atoms with E-state index in [9.17, 15) is 4.79 Å². The predicted octanol–water partition coefficient (Wildman–Crippen LogP) is 2.82. The Labute approximate surface area is 81.9 Å².